The Balaban J connectivity index is 2.99. The van der Waals surface area contributed by atoms with Crippen molar-refractivity contribution in [2.45, 2.75) is 45.8 Å². The molecule has 0 atom stereocenters. The van der Waals surface area contributed by atoms with Gasteiger partial charge in [0, 0.05) is 0 Å². The molecule has 118 valence electrons. The Kier molecular flexibility index (Phi) is 5.07. The second-order valence-corrected chi connectivity index (χ2v) is 7.87. The molecule has 0 radical (unpaired) electrons. The average Bonchev–Trinajstić information content (AvgIpc) is 2.46. The Morgan fingerprint density at radius 2 is 1.71 bits per heavy atom. The standard InChI is InChI=1S/C13H23BN2O4S/c1-10(8-11(9-15-6)16-21(7,17)18)14-19-12(2,3)13(4,5)20-14/h8-9,16H,6H2,1-5,7H3/b10-8+,11-9+. The number of rotatable bonds is 5. The topological polar surface area (TPSA) is 77.0 Å². The minimum Gasteiger partial charge on any atom is -0.400 e. The van der Waals surface area contributed by atoms with E-state index in [9.17, 15) is 8.42 Å². The van der Waals surface area contributed by atoms with Gasteiger partial charge >= 0.3 is 7.12 Å². The van der Waals surface area contributed by atoms with E-state index in [-0.39, 0.29) is 0 Å². The van der Waals surface area contributed by atoms with Crippen LogP contribution in [0.1, 0.15) is 34.6 Å². The van der Waals surface area contributed by atoms with Crippen LogP contribution in [-0.4, -0.2) is 39.7 Å². The molecule has 0 aromatic carbocycles. The highest BCUT2D eigenvalue weighted by Gasteiger charge is 2.51. The zero-order valence-electron chi connectivity index (χ0n) is 13.4. The molecule has 1 saturated heterocycles. The van der Waals surface area contributed by atoms with E-state index < -0.39 is 28.3 Å². The molecule has 0 unspecified atom stereocenters. The van der Waals surface area contributed by atoms with Crippen molar-refractivity contribution in [2.24, 2.45) is 4.99 Å². The molecular formula is C13H23BN2O4S. The third kappa shape index (κ3) is 4.69. The molecule has 0 amide bonds. The van der Waals surface area contributed by atoms with E-state index >= 15 is 0 Å². The van der Waals surface area contributed by atoms with Gasteiger partial charge in [-0.15, -0.1) is 0 Å². The van der Waals surface area contributed by atoms with Gasteiger partial charge in [0.1, 0.15) is 0 Å². The van der Waals surface area contributed by atoms with Crippen molar-refractivity contribution in [1.82, 2.24) is 4.72 Å². The number of allylic oxidation sites excluding steroid dienone is 2. The van der Waals surface area contributed by atoms with E-state index in [1.54, 1.807) is 6.08 Å². The molecule has 0 saturated carbocycles. The number of nitrogens with one attached hydrogen (secondary N) is 1. The summed E-state index contributed by atoms with van der Waals surface area (Å²) >= 11 is 0. The smallest absolute Gasteiger partial charge is 0.400 e. The molecule has 21 heavy (non-hydrogen) atoms. The normalized spacial score (nSPS) is 22.3. The fourth-order valence-electron chi connectivity index (χ4n) is 1.75. The molecule has 1 N–H and O–H groups in total. The maximum atomic E-state index is 11.3. The monoisotopic (exact) mass is 314 g/mol. The van der Waals surface area contributed by atoms with E-state index in [1.807, 2.05) is 34.6 Å². The Morgan fingerprint density at radius 1 is 1.24 bits per heavy atom. The van der Waals surface area contributed by atoms with Crippen molar-refractivity contribution in [3.63, 3.8) is 0 Å². The first-order valence-electron chi connectivity index (χ1n) is 6.55. The lowest BCUT2D eigenvalue weighted by atomic mass is 9.79. The van der Waals surface area contributed by atoms with Crippen LogP contribution in [0.3, 0.4) is 0 Å². The molecule has 0 aromatic heterocycles. The number of sulfonamides is 1. The fraction of sp³-hybridized carbons (Fsp3) is 0.615. The molecule has 1 aliphatic heterocycles. The number of nitrogens with zero attached hydrogens (tertiary/aromatic N) is 1. The van der Waals surface area contributed by atoms with Gasteiger partial charge in [-0.3, -0.25) is 9.71 Å². The second-order valence-electron chi connectivity index (χ2n) is 6.12. The first kappa shape index (κ1) is 17.9. The molecular weight excluding hydrogens is 291 g/mol. The molecule has 1 fully saturated rings. The molecule has 6 nitrogen and oxygen atoms in total. The Bertz CT molecular complexity index is 563. The minimum absolute atomic E-state index is 0.305. The second kappa shape index (κ2) is 5.94. The quantitative estimate of drug-likeness (QED) is 0.475. The predicted molar refractivity (Wildman–Crippen MR) is 85.5 cm³/mol. The van der Waals surface area contributed by atoms with Crippen LogP contribution in [0.4, 0.5) is 0 Å². The zero-order chi connectivity index (χ0) is 16.5. The molecule has 0 bridgehead atoms. The van der Waals surface area contributed by atoms with Crippen LogP contribution in [-0.2, 0) is 19.3 Å². The van der Waals surface area contributed by atoms with Gasteiger partial charge in [-0.1, -0.05) is 0 Å². The molecule has 1 heterocycles. The van der Waals surface area contributed by atoms with Gasteiger partial charge in [-0.25, -0.2) is 8.42 Å². The highest BCUT2D eigenvalue weighted by atomic mass is 32.2. The summed E-state index contributed by atoms with van der Waals surface area (Å²) in [6, 6.07) is 0. The molecule has 0 aromatic rings. The Labute approximate surface area is 127 Å². The van der Waals surface area contributed by atoms with Crippen molar-refractivity contribution in [3.8, 4) is 0 Å². The summed E-state index contributed by atoms with van der Waals surface area (Å²) in [5.74, 6) is 0. The highest BCUT2D eigenvalue weighted by Crippen LogP contribution is 2.38. The number of hydrogen-bond acceptors (Lipinski definition) is 5. The van der Waals surface area contributed by atoms with Gasteiger partial charge in [0.25, 0.3) is 0 Å². The number of aliphatic imine (C=N–C) groups is 1. The molecule has 8 heteroatoms. The van der Waals surface area contributed by atoms with Crippen molar-refractivity contribution in [1.29, 1.82) is 0 Å². The summed E-state index contributed by atoms with van der Waals surface area (Å²) in [5, 5.41) is 0. The highest BCUT2D eigenvalue weighted by molar-refractivity contribution is 7.88. The summed E-state index contributed by atoms with van der Waals surface area (Å²) in [4.78, 5) is 3.59. The van der Waals surface area contributed by atoms with E-state index in [4.69, 9.17) is 9.31 Å². The molecule has 0 aliphatic carbocycles. The number of hydrogen-bond donors (Lipinski definition) is 1. The average molecular weight is 314 g/mol. The van der Waals surface area contributed by atoms with Gasteiger partial charge < -0.3 is 9.31 Å². The summed E-state index contributed by atoms with van der Waals surface area (Å²) < 4.78 is 36.8. The largest absolute Gasteiger partial charge is 0.490 e. The third-order valence-corrected chi connectivity index (χ3v) is 4.15. The lowest BCUT2D eigenvalue weighted by Crippen LogP contribution is -2.41. The Hall–Kier alpha value is -1.12. The van der Waals surface area contributed by atoms with Crippen LogP contribution in [0, 0.1) is 0 Å². The summed E-state index contributed by atoms with van der Waals surface area (Å²) in [7, 11) is -3.93. The van der Waals surface area contributed by atoms with E-state index in [2.05, 4.69) is 16.4 Å². The zero-order valence-corrected chi connectivity index (χ0v) is 14.2. The van der Waals surface area contributed by atoms with Crippen molar-refractivity contribution >= 4 is 23.9 Å². The van der Waals surface area contributed by atoms with Crippen molar-refractivity contribution < 1.29 is 17.7 Å². The summed E-state index contributed by atoms with van der Waals surface area (Å²) in [6.45, 7) is 13.0. The lowest BCUT2D eigenvalue weighted by molar-refractivity contribution is 0.00578. The van der Waals surface area contributed by atoms with Gasteiger partial charge in [0.2, 0.25) is 10.0 Å². The van der Waals surface area contributed by atoms with Gasteiger partial charge in [-0.2, -0.15) is 0 Å². The fourth-order valence-corrected chi connectivity index (χ4v) is 2.29. The molecule has 1 rings (SSSR count). The Morgan fingerprint density at radius 3 is 2.10 bits per heavy atom. The van der Waals surface area contributed by atoms with Gasteiger partial charge in [-0.05, 0) is 52.9 Å². The maximum Gasteiger partial charge on any atom is 0.490 e. The predicted octanol–water partition coefficient (Wildman–Crippen LogP) is 1.66. The van der Waals surface area contributed by atoms with Gasteiger partial charge in [0.05, 0.1) is 29.4 Å². The van der Waals surface area contributed by atoms with Crippen LogP contribution < -0.4 is 4.72 Å². The lowest BCUT2D eigenvalue weighted by Gasteiger charge is -2.32. The summed E-state index contributed by atoms with van der Waals surface area (Å²) in [5.41, 5.74) is 0.147. The van der Waals surface area contributed by atoms with Crippen molar-refractivity contribution in [2.75, 3.05) is 6.26 Å². The van der Waals surface area contributed by atoms with Crippen molar-refractivity contribution in [3.05, 3.63) is 23.4 Å². The van der Waals surface area contributed by atoms with E-state index in [0.717, 1.165) is 11.7 Å². The van der Waals surface area contributed by atoms with Crippen LogP contribution in [0.5, 0.6) is 0 Å². The van der Waals surface area contributed by atoms with Crippen LogP contribution >= 0.6 is 0 Å². The van der Waals surface area contributed by atoms with Crippen LogP contribution in [0.2, 0.25) is 0 Å². The SMILES string of the molecule is C=N/C=C(\C=C(/C)B1OC(C)(C)C(C)(C)O1)NS(C)(=O)=O. The van der Waals surface area contributed by atoms with E-state index in [0.29, 0.717) is 5.70 Å². The van der Waals surface area contributed by atoms with Crippen LogP contribution in [0.25, 0.3) is 0 Å². The summed E-state index contributed by atoms with van der Waals surface area (Å²) in [6.07, 6.45) is 4.02. The minimum atomic E-state index is -3.39. The van der Waals surface area contributed by atoms with Gasteiger partial charge in [0.15, 0.2) is 0 Å². The first-order valence-corrected chi connectivity index (χ1v) is 8.45. The molecule has 0 spiro atoms. The van der Waals surface area contributed by atoms with E-state index in [1.165, 1.54) is 6.20 Å². The first-order chi connectivity index (χ1) is 9.38. The third-order valence-electron chi connectivity index (χ3n) is 3.54. The molecule has 1 aliphatic rings. The maximum absolute atomic E-state index is 11.3. The van der Waals surface area contributed by atoms with Crippen LogP contribution in [0.15, 0.2) is 28.4 Å².